The molecule has 1 aromatic heterocycles. The van der Waals surface area contributed by atoms with E-state index >= 15 is 0 Å². The molecule has 104 valence electrons. The molecule has 7 nitrogen and oxygen atoms in total. The number of nitrogens with zero attached hydrogens (tertiary/aromatic N) is 2. The Morgan fingerprint density at radius 3 is 2.53 bits per heavy atom. The Balaban J connectivity index is 2.84. The first-order valence-electron chi connectivity index (χ1n) is 5.77. The zero-order valence-electron chi connectivity index (χ0n) is 11.2. The summed E-state index contributed by atoms with van der Waals surface area (Å²) in [5.74, 6) is -1.02. The first kappa shape index (κ1) is 15.0. The lowest BCUT2D eigenvalue weighted by atomic mass is 10.0. The second-order valence-electron chi connectivity index (χ2n) is 4.07. The topological polar surface area (TPSA) is 90.4 Å². The Morgan fingerprint density at radius 2 is 2.00 bits per heavy atom. The van der Waals surface area contributed by atoms with E-state index in [1.165, 1.54) is 32.8 Å². The molecule has 0 aliphatic heterocycles. The highest BCUT2D eigenvalue weighted by Crippen LogP contribution is 2.09. The number of esters is 1. The van der Waals surface area contributed by atoms with Crippen molar-refractivity contribution in [1.82, 2.24) is 15.3 Å². The van der Waals surface area contributed by atoms with Crippen LogP contribution in [0.3, 0.4) is 0 Å². The third-order valence-corrected chi connectivity index (χ3v) is 2.37. The Kier molecular flexibility index (Phi) is 5.37. The van der Waals surface area contributed by atoms with E-state index in [0.29, 0.717) is 0 Å². The van der Waals surface area contributed by atoms with Crippen molar-refractivity contribution >= 4 is 11.9 Å². The average molecular weight is 267 g/mol. The zero-order chi connectivity index (χ0) is 14.3. The van der Waals surface area contributed by atoms with Crippen molar-refractivity contribution in [3.8, 4) is 0 Å². The number of amides is 1. The van der Waals surface area contributed by atoms with Crippen LogP contribution in [0.2, 0.25) is 0 Å². The van der Waals surface area contributed by atoms with E-state index in [4.69, 9.17) is 9.47 Å². The van der Waals surface area contributed by atoms with Crippen molar-refractivity contribution in [2.45, 2.75) is 19.4 Å². The molecule has 0 aromatic carbocycles. The van der Waals surface area contributed by atoms with E-state index in [2.05, 4.69) is 15.3 Å². The molecule has 1 rings (SSSR count). The summed E-state index contributed by atoms with van der Waals surface area (Å²) in [5.41, 5.74) is -0.994. The van der Waals surface area contributed by atoms with Crippen LogP contribution in [0.25, 0.3) is 0 Å². The highest BCUT2D eigenvalue weighted by atomic mass is 16.5. The number of carbonyl (C=O) groups is 2. The molecule has 1 amide bonds. The van der Waals surface area contributed by atoms with Crippen LogP contribution in [0.1, 0.15) is 24.2 Å². The van der Waals surface area contributed by atoms with Crippen molar-refractivity contribution in [2.24, 2.45) is 0 Å². The fourth-order valence-electron chi connectivity index (χ4n) is 1.46. The van der Waals surface area contributed by atoms with Gasteiger partial charge in [-0.2, -0.15) is 0 Å². The summed E-state index contributed by atoms with van der Waals surface area (Å²) in [6.45, 7) is 3.46. The lowest BCUT2D eigenvalue weighted by Crippen LogP contribution is -2.56. The van der Waals surface area contributed by atoms with Gasteiger partial charge in [0, 0.05) is 19.5 Å². The van der Waals surface area contributed by atoms with E-state index in [-0.39, 0.29) is 18.8 Å². The van der Waals surface area contributed by atoms with Gasteiger partial charge in [-0.25, -0.2) is 14.8 Å². The van der Waals surface area contributed by atoms with Crippen molar-refractivity contribution in [3.05, 3.63) is 24.3 Å². The predicted molar refractivity (Wildman–Crippen MR) is 66.4 cm³/mol. The number of hydrogen-bond donors (Lipinski definition) is 1. The van der Waals surface area contributed by atoms with Crippen molar-refractivity contribution in [2.75, 3.05) is 20.3 Å². The third-order valence-electron chi connectivity index (χ3n) is 2.37. The van der Waals surface area contributed by atoms with Gasteiger partial charge in [0.05, 0.1) is 18.8 Å². The first-order valence-corrected chi connectivity index (χ1v) is 5.77. The molecule has 7 heteroatoms. The molecule has 0 aliphatic rings. The number of methoxy groups -OCH3 is 1. The largest absolute Gasteiger partial charge is 0.464 e. The SMILES string of the molecule is CCOC(=O)[C@@](C)(COC)NC(=O)c1cncnc1. The summed E-state index contributed by atoms with van der Waals surface area (Å²) in [6.07, 6.45) is 4.04. The van der Waals surface area contributed by atoms with E-state index in [9.17, 15) is 9.59 Å². The fraction of sp³-hybridized carbons (Fsp3) is 0.500. The number of rotatable bonds is 6. The summed E-state index contributed by atoms with van der Waals surface area (Å²) in [5, 5.41) is 2.58. The molecular formula is C12H17N3O4. The summed E-state index contributed by atoms with van der Waals surface area (Å²) in [6, 6.07) is 0. The van der Waals surface area contributed by atoms with Crippen LogP contribution in [0.5, 0.6) is 0 Å². The molecule has 0 spiro atoms. The van der Waals surface area contributed by atoms with Crippen LogP contribution in [0, 0.1) is 0 Å². The maximum absolute atomic E-state index is 12.0. The third kappa shape index (κ3) is 3.99. The fourth-order valence-corrected chi connectivity index (χ4v) is 1.46. The number of hydrogen-bond acceptors (Lipinski definition) is 6. The van der Waals surface area contributed by atoms with Gasteiger partial charge >= 0.3 is 5.97 Å². The van der Waals surface area contributed by atoms with Gasteiger partial charge in [-0.3, -0.25) is 4.79 Å². The zero-order valence-corrected chi connectivity index (χ0v) is 11.2. The molecule has 0 unspecified atom stereocenters. The van der Waals surface area contributed by atoms with Gasteiger partial charge in [0.2, 0.25) is 0 Å². The van der Waals surface area contributed by atoms with Crippen molar-refractivity contribution in [3.63, 3.8) is 0 Å². The second-order valence-corrected chi connectivity index (χ2v) is 4.07. The van der Waals surface area contributed by atoms with Gasteiger partial charge in [0.25, 0.3) is 5.91 Å². The quantitative estimate of drug-likeness (QED) is 0.739. The smallest absolute Gasteiger partial charge is 0.333 e. The lowest BCUT2D eigenvalue weighted by Gasteiger charge is -2.27. The molecule has 1 heterocycles. The minimum absolute atomic E-state index is 0.00522. The van der Waals surface area contributed by atoms with Crippen molar-refractivity contribution in [1.29, 1.82) is 0 Å². The highest BCUT2D eigenvalue weighted by Gasteiger charge is 2.37. The molecule has 1 N–H and O–H groups in total. The Bertz CT molecular complexity index is 438. The van der Waals surface area contributed by atoms with E-state index < -0.39 is 17.4 Å². The minimum Gasteiger partial charge on any atom is -0.464 e. The summed E-state index contributed by atoms with van der Waals surface area (Å²) < 4.78 is 9.90. The van der Waals surface area contributed by atoms with Gasteiger partial charge in [-0.05, 0) is 13.8 Å². The molecule has 1 atom stereocenters. The van der Waals surface area contributed by atoms with Crippen LogP contribution in [0.4, 0.5) is 0 Å². The van der Waals surface area contributed by atoms with Gasteiger partial charge in [-0.1, -0.05) is 0 Å². The summed E-state index contributed by atoms with van der Waals surface area (Å²) in [7, 11) is 1.44. The summed E-state index contributed by atoms with van der Waals surface area (Å²) in [4.78, 5) is 31.4. The van der Waals surface area contributed by atoms with Gasteiger partial charge < -0.3 is 14.8 Å². The van der Waals surface area contributed by atoms with E-state index in [0.717, 1.165) is 0 Å². The molecule has 0 saturated carbocycles. The van der Waals surface area contributed by atoms with Crippen LogP contribution < -0.4 is 5.32 Å². The maximum atomic E-state index is 12.0. The normalized spacial score (nSPS) is 13.4. The van der Waals surface area contributed by atoms with Crippen LogP contribution in [0.15, 0.2) is 18.7 Å². The average Bonchev–Trinajstić information content (AvgIpc) is 2.40. The van der Waals surface area contributed by atoms with Crippen molar-refractivity contribution < 1.29 is 19.1 Å². The Labute approximate surface area is 111 Å². The molecule has 0 radical (unpaired) electrons. The van der Waals surface area contributed by atoms with Crippen LogP contribution >= 0.6 is 0 Å². The first-order chi connectivity index (χ1) is 9.03. The van der Waals surface area contributed by atoms with Gasteiger partial charge in [-0.15, -0.1) is 0 Å². The second kappa shape index (κ2) is 6.79. The molecule has 1 aromatic rings. The molecule has 0 fully saturated rings. The lowest BCUT2D eigenvalue weighted by molar-refractivity contribution is -0.152. The Morgan fingerprint density at radius 1 is 1.37 bits per heavy atom. The number of aromatic nitrogens is 2. The molecule has 19 heavy (non-hydrogen) atoms. The minimum atomic E-state index is -1.25. The standard InChI is InChI=1S/C12H17N3O4/c1-4-19-11(17)12(2,7-18-3)15-10(16)9-5-13-8-14-6-9/h5-6,8H,4,7H2,1-3H3,(H,15,16)/t12-/m1/s1. The predicted octanol–water partition coefficient (Wildman–Crippen LogP) is 0.175. The Hall–Kier alpha value is -2.02. The monoisotopic (exact) mass is 267 g/mol. The molecular weight excluding hydrogens is 250 g/mol. The van der Waals surface area contributed by atoms with E-state index in [1.54, 1.807) is 6.92 Å². The van der Waals surface area contributed by atoms with E-state index in [1.807, 2.05) is 0 Å². The van der Waals surface area contributed by atoms with Gasteiger partial charge in [0.15, 0.2) is 5.54 Å². The maximum Gasteiger partial charge on any atom is 0.333 e. The summed E-state index contributed by atoms with van der Waals surface area (Å²) >= 11 is 0. The molecule has 0 saturated heterocycles. The number of carbonyl (C=O) groups excluding carboxylic acids is 2. The number of ether oxygens (including phenoxy) is 2. The highest BCUT2D eigenvalue weighted by molar-refractivity contribution is 5.97. The van der Waals surface area contributed by atoms with Gasteiger partial charge in [0.1, 0.15) is 6.33 Å². The van der Waals surface area contributed by atoms with Crippen LogP contribution in [-0.2, 0) is 14.3 Å². The molecule has 0 bridgehead atoms. The van der Waals surface area contributed by atoms with Crippen LogP contribution in [-0.4, -0.2) is 47.7 Å². The number of nitrogens with one attached hydrogen (secondary N) is 1. The molecule has 0 aliphatic carbocycles.